The molecule has 1 aromatic heterocycles. The van der Waals surface area contributed by atoms with Crippen molar-refractivity contribution >= 4 is 23.2 Å². The van der Waals surface area contributed by atoms with E-state index in [0.717, 1.165) is 17.8 Å². The van der Waals surface area contributed by atoms with Crippen LogP contribution in [0.4, 0.5) is 18.9 Å². The molecule has 1 fully saturated rings. The quantitative estimate of drug-likeness (QED) is 0.547. The number of nitrogens with zero attached hydrogens (tertiary/aromatic N) is 5. The van der Waals surface area contributed by atoms with Gasteiger partial charge in [0.1, 0.15) is 0 Å². The zero-order valence-corrected chi connectivity index (χ0v) is 15.8. The highest BCUT2D eigenvalue weighted by molar-refractivity contribution is 6.33. The van der Waals surface area contributed by atoms with Crippen LogP contribution in [-0.4, -0.2) is 43.2 Å². The Bertz CT molecular complexity index is 1020. The molecule has 1 amide bonds. The van der Waals surface area contributed by atoms with Crippen molar-refractivity contribution in [1.82, 2.24) is 19.2 Å². The summed E-state index contributed by atoms with van der Waals surface area (Å²) in [7, 11) is 0.998. The number of hydrogen-bond donors (Lipinski definition) is 0. The van der Waals surface area contributed by atoms with E-state index in [1.807, 2.05) is 0 Å². The van der Waals surface area contributed by atoms with Gasteiger partial charge in [-0.3, -0.25) is 19.5 Å². The van der Waals surface area contributed by atoms with Crippen LogP contribution in [0.1, 0.15) is 35.1 Å². The minimum absolute atomic E-state index is 0.0336. The number of likely N-dealkylation sites (tertiary alicyclic amines) is 1. The Kier molecular flexibility index (Phi) is 5.39. The van der Waals surface area contributed by atoms with Gasteiger partial charge in [-0.15, -0.1) is 5.10 Å². The Balaban J connectivity index is 1.76. The monoisotopic (exact) mass is 433 g/mol. The summed E-state index contributed by atoms with van der Waals surface area (Å²) >= 11 is 5.99. The second kappa shape index (κ2) is 7.50. The Morgan fingerprint density at radius 1 is 1.31 bits per heavy atom. The van der Waals surface area contributed by atoms with E-state index in [9.17, 15) is 32.9 Å². The first-order valence-electron chi connectivity index (χ1n) is 8.46. The number of non-ortho nitro benzene ring substituents is 1. The highest BCUT2D eigenvalue weighted by Gasteiger charge is 2.39. The molecule has 1 aromatic carbocycles. The van der Waals surface area contributed by atoms with Crippen molar-refractivity contribution in [3.05, 3.63) is 55.2 Å². The van der Waals surface area contributed by atoms with Crippen molar-refractivity contribution in [1.29, 1.82) is 0 Å². The molecule has 3 rings (SSSR count). The van der Waals surface area contributed by atoms with Gasteiger partial charge < -0.3 is 4.90 Å². The summed E-state index contributed by atoms with van der Waals surface area (Å²) in [5, 5.41) is 14.4. The number of benzene rings is 1. The number of alkyl halides is 3. The van der Waals surface area contributed by atoms with Crippen LogP contribution < -0.4 is 5.69 Å². The van der Waals surface area contributed by atoms with Crippen LogP contribution in [0, 0.1) is 10.1 Å². The fourth-order valence-electron chi connectivity index (χ4n) is 3.22. The molecule has 0 spiro atoms. The molecule has 1 saturated heterocycles. The topological polar surface area (TPSA) is 103 Å². The van der Waals surface area contributed by atoms with E-state index in [2.05, 4.69) is 5.10 Å². The lowest BCUT2D eigenvalue weighted by Gasteiger charge is -2.31. The summed E-state index contributed by atoms with van der Waals surface area (Å²) in [5.74, 6) is -1.81. The van der Waals surface area contributed by atoms with E-state index in [-0.39, 0.29) is 42.2 Å². The van der Waals surface area contributed by atoms with Gasteiger partial charge in [0.15, 0.2) is 0 Å². The van der Waals surface area contributed by atoms with Gasteiger partial charge >= 0.3 is 11.9 Å². The molecule has 0 bridgehead atoms. The number of nitro benzene ring substituents is 1. The van der Waals surface area contributed by atoms with Crippen LogP contribution in [0.3, 0.4) is 0 Å². The third kappa shape index (κ3) is 3.97. The number of rotatable bonds is 3. The molecule has 13 heteroatoms. The number of nitro groups is 1. The van der Waals surface area contributed by atoms with Crippen molar-refractivity contribution in [3.63, 3.8) is 0 Å². The number of carbonyl (C=O) groups excluding carboxylic acids is 1. The molecular weight excluding hydrogens is 419 g/mol. The molecule has 9 nitrogen and oxygen atoms in total. The summed E-state index contributed by atoms with van der Waals surface area (Å²) < 4.78 is 40.1. The Labute approximate surface area is 166 Å². The van der Waals surface area contributed by atoms with Gasteiger partial charge in [-0.2, -0.15) is 13.2 Å². The fourth-order valence-corrected chi connectivity index (χ4v) is 3.41. The van der Waals surface area contributed by atoms with Gasteiger partial charge in [-0.1, -0.05) is 11.6 Å². The van der Waals surface area contributed by atoms with Crippen LogP contribution in [0.15, 0.2) is 23.0 Å². The molecule has 2 aromatic rings. The fraction of sp³-hybridized carbons (Fsp3) is 0.438. The summed E-state index contributed by atoms with van der Waals surface area (Å²) in [4.78, 5) is 36.4. The number of carbonyl (C=O) groups is 1. The molecule has 0 atom stereocenters. The average molecular weight is 434 g/mol. The lowest BCUT2D eigenvalue weighted by atomic mass is 10.0. The lowest BCUT2D eigenvalue weighted by Crippen LogP contribution is -2.41. The van der Waals surface area contributed by atoms with E-state index in [4.69, 9.17) is 11.6 Å². The van der Waals surface area contributed by atoms with Gasteiger partial charge in [0, 0.05) is 32.3 Å². The summed E-state index contributed by atoms with van der Waals surface area (Å²) in [6, 6.07) is 2.91. The smallest absolute Gasteiger partial charge is 0.338 e. The predicted molar refractivity (Wildman–Crippen MR) is 94.8 cm³/mol. The van der Waals surface area contributed by atoms with Gasteiger partial charge in [-0.05, 0) is 18.9 Å². The second-order valence-electron chi connectivity index (χ2n) is 6.55. The Morgan fingerprint density at radius 2 is 1.93 bits per heavy atom. The molecule has 0 radical (unpaired) electrons. The van der Waals surface area contributed by atoms with E-state index in [0.29, 0.717) is 4.57 Å². The molecule has 156 valence electrons. The number of amides is 1. The Hall–Kier alpha value is -2.89. The molecule has 0 unspecified atom stereocenters. The first-order valence-corrected chi connectivity index (χ1v) is 8.84. The summed E-state index contributed by atoms with van der Waals surface area (Å²) in [6.45, 7) is 0.264. The largest absolute Gasteiger partial charge is 0.451 e. The zero-order chi connectivity index (χ0) is 21.5. The maximum atomic E-state index is 12.9. The maximum absolute atomic E-state index is 12.9. The minimum atomic E-state index is -4.76. The number of aromatic nitrogens is 3. The van der Waals surface area contributed by atoms with Gasteiger partial charge in [-0.25, -0.2) is 9.48 Å². The average Bonchev–Trinajstić information content (AvgIpc) is 2.97. The summed E-state index contributed by atoms with van der Waals surface area (Å²) in [6.07, 6.45) is -4.35. The van der Waals surface area contributed by atoms with Crippen molar-refractivity contribution in [2.45, 2.75) is 25.1 Å². The van der Waals surface area contributed by atoms with Crippen molar-refractivity contribution < 1.29 is 22.9 Å². The highest BCUT2D eigenvalue weighted by atomic mass is 35.5. The SMILES string of the molecule is Cn1c(C(F)(F)F)nn(C2CCN(C(=O)c3cc([N+](=O)[O-])ccc3Cl)CC2)c1=O. The molecule has 1 aliphatic heterocycles. The molecule has 0 aliphatic carbocycles. The summed E-state index contributed by atoms with van der Waals surface area (Å²) in [5.41, 5.74) is -1.20. The van der Waals surface area contributed by atoms with Gasteiger partial charge in [0.05, 0.1) is 21.6 Å². The minimum Gasteiger partial charge on any atom is -0.338 e. The number of hydrogen-bond acceptors (Lipinski definition) is 5. The maximum Gasteiger partial charge on any atom is 0.451 e. The van der Waals surface area contributed by atoms with E-state index >= 15 is 0 Å². The van der Waals surface area contributed by atoms with Crippen molar-refractivity contribution in [3.8, 4) is 0 Å². The highest BCUT2D eigenvalue weighted by Crippen LogP contribution is 2.29. The molecule has 0 N–H and O–H groups in total. The first kappa shape index (κ1) is 20.8. The standard InChI is InChI=1S/C16H15ClF3N5O4/c1-22-14(16(18,19)20)21-24(15(22)27)9-4-6-23(7-5-9)13(26)11-8-10(25(28)29)2-3-12(11)17/h2-3,8-9H,4-7H2,1H3. The Morgan fingerprint density at radius 3 is 2.45 bits per heavy atom. The van der Waals surface area contributed by atoms with Crippen LogP contribution in [0.5, 0.6) is 0 Å². The van der Waals surface area contributed by atoms with Crippen molar-refractivity contribution in [2.75, 3.05) is 13.1 Å². The van der Waals surface area contributed by atoms with Gasteiger partial charge in [0.2, 0.25) is 5.82 Å². The van der Waals surface area contributed by atoms with Gasteiger partial charge in [0.25, 0.3) is 11.6 Å². The van der Waals surface area contributed by atoms with Crippen LogP contribution in [0.25, 0.3) is 0 Å². The molecule has 29 heavy (non-hydrogen) atoms. The van der Waals surface area contributed by atoms with Crippen LogP contribution >= 0.6 is 11.6 Å². The first-order chi connectivity index (χ1) is 13.5. The van der Waals surface area contributed by atoms with Crippen molar-refractivity contribution in [2.24, 2.45) is 7.05 Å². The van der Waals surface area contributed by atoms with E-state index < -0.39 is 34.6 Å². The number of halogens is 4. The normalized spacial score (nSPS) is 15.6. The molecule has 2 heterocycles. The predicted octanol–water partition coefficient (Wildman–Crippen LogP) is 2.64. The third-order valence-electron chi connectivity index (χ3n) is 4.75. The lowest BCUT2D eigenvalue weighted by molar-refractivity contribution is -0.384. The van der Waals surface area contributed by atoms with Crippen LogP contribution in [0.2, 0.25) is 5.02 Å². The molecule has 1 aliphatic rings. The third-order valence-corrected chi connectivity index (χ3v) is 5.07. The van der Waals surface area contributed by atoms with Crippen LogP contribution in [-0.2, 0) is 13.2 Å². The molecular formula is C16H15ClF3N5O4. The number of piperidine rings is 1. The van der Waals surface area contributed by atoms with E-state index in [1.54, 1.807) is 0 Å². The second-order valence-corrected chi connectivity index (χ2v) is 6.96. The zero-order valence-electron chi connectivity index (χ0n) is 15.0. The van der Waals surface area contributed by atoms with E-state index in [1.165, 1.54) is 17.0 Å². The molecule has 0 saturated carbocycles.